The Labute approximate surface area is 159 Å². The number of nitrogens with one attached hydrogen (secondary N) is 1. The van der Waals surface area contributed by atoms with Crippen molar-refractivity contribution < 1.29 is 14.7 Å². The lowest BCUT2D eigenvalue weighted by molar-refractivity contribution is -0.123. The van der Waals surface area contributed by atoms with Gasteiger partial charge in [0.25, 0.3) is 0 Å². The minimum Gasteiger partial charge on any atom is -0.393 e. The molecule has 1 fully saturated rings. The average molecular weight is 369 g/mol. The second-order valence-electron chi connectivity index (χ2n) is 7.51. The van der Waals surface area contributed by atoms with E-state index in [1.54, 1.807) is 11.6 Å². The molecule has 1 unspecified atom stereocenters. The van der Waals surface area contributed by atoms with E-state index in [1.165, 1.54) is 6.92 Å². The lowest BCUT2D eigenvalue weighted by Crippen LogP contribution is -2.49. The highest BCUT2D eigenvalue weighted by atomic mass is 16.3. The predicted octanol–water partition coefficient (Wildman–Crippen LogP) is 2.20. The average Bonchev–Trinajstić information content (AvgIpc) is 2.86. The van der Waals surface area contributed by atoms with Crippen LogP contribution >= 0.6 is 0 Å². The van der Waals surface area contributed by atoms with Crippen LogP contribution in [0.4, 0.5) is 0 Å². The first-order valence-electron chi connectivity index (χ1n) is 9.41. The number of ketones is 1. The van der Waals surface area contributed by atoms with E-state index in [9.17, 15) is 14.7 Å². The van der Waals surface area contributed by atoms with Crippen LogP contribution in [-0.4, -0.2) is 38.7 Å². The Balaban J connectivity index is 1.69. The van der Waals surface area contributed by atoms with Crippen LogP contribution in [0, 0.1) is 19.8 Å². The van der Waals surface area contributed by atoms with Crippen molar-refractivity contribution >= 4 is 11.7 Å². The molecule has 2 N–H and O–H groups in total. The molecule has 1 amide bonds. The molecule has 0 saturated heterocycles. The van der Waals surface area contributed by atoms with Crippen molar-refractivity contribution in [2.45, 2.75) is 58.7 Å². The van der Waals surface area contributed by atoms with Crippen molar-refractivity contribution in [3.05, 3.63) is 52.8 Å². The van der Waals surface area contributed by atoms with Gasteiger partial charge in [0, 0.05) is 11.7 Å². The van der Waals surface area contributed by atoms with Gasteiger partial charge in [0.15, 0.2) is 5.78 Å². The van der Waals surface area contributed by atoms with Crippen LogP contribution in [0.5, 0.6) is 0 Å². The van der Waals surface area contributed by atoms with E-state index in [2.05, 4.69) is 10.4 Å². The third kappa shape index (κ3) is 4.45. The molecule has 1 aliphatic carbocycles. The van der Waals surface area contributed by atoms with Crippen LogP contribution in [0.15, 0.2) is 30.3 Å². The van der Waals surface area contributed by atoms with E-state index in [0.717, 1.165) is 12.0 Å². The Morgan fingerprint density at radius 3 is 2.48 bits per heavy atom. The lowest BCUT2D eigenvalue weighted by Gasteiger charge is -2.38. The van der Waals surface area contributed by atoms with Gasteiger partial charge in [0.05, 0.1) is 17.4 Å². The number of carbonyl (C=O) groups excluding carboxylic acids is 2. The second kappa shape index (κ2) is 8.05. The minimum atomic E-state index is -0.265. The Hall–Kier alpha value is -2.47. The van der Waals surface area contributed by atoms with Gasteiger partial charge in [-0.2, -0.15) is 5.10 Å². The number of hydrogen-bond donors (Lipinski definition) is 2. The number of nitrogens with zero attached hydrogens (tertiary/aromatic N) is 2. The molecular weight excluding hydrogens is 342 g/mol. The molecule has 0 bridgehead atoms. The molecule has 0 spiro atoms. The van der Waals surface area contributed by atoms with E-state index >= 15 is 0 Å². The Morgan fingerprint density at radius 1 is 1.26 bits per heavy atom. The summed E-state index contributed by atoms with van der Waals surface area (Å²) in [6.07, 6.45) is 1.90. The van der Waals surface area contributed by atoms with Gasteiger partial charge in [-0.3, -0.25) is 14.3 Å². The zero-order valence-corrected chi connectivity index (χ0v) is 16.1. The van der Waals surface area contributed by atoms with Crippen molar-refractivity contribution in [2.24, 2.45) is 5.92 Å². The van der Waals surface area contributed by atoms with Gasteiger partial charge < -0.3 is 10.4 Å². The highest BCUT2D eigenvalue weighted by Gasteiger charge is 2.34. The quantitative estimate of drug-likeness (QED) is 0.733. The maximum absolute atomic E-state index is 12.7. The molecule has 1 aromatic heterocycles. The smallest absolute Gasteiger partial charge is 0.241 e. The largest absolute Gasteiger partial charge is 0.393 e. The van der Waals surface area contributed by atoms with Crippen molar-refractivity contribution in [3.8, 4) is 0 Å². The summed E-state index contributed by atoms with van der Waals surface area (Å²) in [5, 5.41) is 17.1. The predicted molar refractivity (Wildman–Crippen MR) is 103 cm³/mol. The maximum atomic E-state index is 12.7. The monoisotopic (exact) mass is 369 g/mol. The first-order valence-corrected chi connectivity index (χ1v) is 9.41. The number of Topliss-reactive ketones (excluding diaryl/α,β-unsaturated/α-hetero) is 1. The normalized spacial score (nSPS) is 20.0. The maximum Gasteiger partial charge on any atom is 0.241 e. The summed E-state index contributed by atoms with van der Waals surface area (Å²) in [7, 11) is 0. The van der Waals surface area contributed by atoms with Gasteiger partial charge >= 0.3 is 0 Å². The van der Waals surface area contributed by atoms with Crippen molar-refractivity contribution in [3.63, 3.8) is 0 Å². The first-order chi connectivity index (χ1) is 12.8. The van der Waals surface area contributed by atoms with Crippen molar-refractivity contribution in [1.29, 1.82) is 0 Å². The lowest BCUT2D eigenvalue weighted by atomic mass is 9.75. The number of benzene rings is 1. The van der Waals surface area contributed by atoms with Crippen LogP contribution in [-0.2, 0) is 17.8 Å². The fourth-order valence-electron chi connectivity index (χ4n) is 3.91. The fourth-order valence-corrected chi connectivity index (χ4v) is 3.91. The molecular formula is C21H27N3O3. The van der Waals surface area contributed by atoms with Crippen LogP contribution in [0.2, 0.25) is 0 Å². The summed E-state index contributed by atoms with van der Waals surface area (Å²) in [5.41, 5.74) is 3.12. The number of rotatable bonds is 7. The van der Waals surface area contributed by atoms with E-state index in [0.29, 0.717) is 29.8 Å². The minimum absolute atomic E-state index is 0.0208. The molecule has 6 heteroatoms. The molecule has 0 radical (unpaired) electrons. The number of aromatic nitrogens is 2. The van der Waals surface area contributed by atoms with E-state index < -0.39 is 0 Å². The molecule has 1 heterocycles. The third-order valence-corrected chi connectivity index (χ3v) is 5.39. The highest BCUT2D eigenvalue weighted by molar-refractivity contribution is 5.96. The Kier molecular flexibility index (Phi) is 5.75. The Bertz CT molecular complexity index is 823. The standard InChI is InChI=1S/C21H27N3O3/c1-13-21(15(3)25)14(2)24(23-13)12-20(27)22-19(17-10-18(26)11-17)9-16-7-5-4-6-8-16/h4-8,17-19,26H,9-12H2,1-3H3,(H,22,27). The van der Waals surface area contributed by atoms with Gasteiger partial charge in [-0.15, -0.1) is 0 Å². The Morgan fingerprint density at radius 2 is 1.93 bits per heavy atom. The molecule has 1 atom stereocenters. The summed E-state index contributed by atoms with van der Waals surface area (Å²) < 4.78 is 1.59. The number of aryl methyl sites for hydroxylation is 1. The molecule has 3 rings (SSSR count). The zero-order chi connectivity index (χ0) is 19.6. The van der Waals surface area contributed by atoms with E-state index in [1.807, 2.05) is 37.3 Å². The SMILES string of the molecule is CC(=O)c1c(C)nn(CC(=O)NC(Cc2ccccc2)C2CC(O)C2)c1C. The summed E-state index contributed by atoms with van der Waals surface area (Å²) in [5.74, 6) is 0.109. The number of aliphatic hydroxyl groups is 1. The molecule has 1 saturated carbocycles. The zero-order valence-electron chi connectivity index (χ0n) is 16.1. The summed E-state index contributed by atoms with van der Waals surface area (Å²) in [4.78, 5) is 24.4. The molecule has 2 aromatic rings. The van der Waals surface area contributed by atoms with E-state index in [-0.39, 0.29) is 36.3 Å². The van der Waals surface area contributed by atoms with Crippen LogP contribution in [0.25, 0.3) is 0 Å². The van der Waals surface area contributed by atoms with Crippen LogP contribution in [0.1, 0.15) is 47.1 Å². The number of aliphatic hydroxyl groups excluding tert-OH is 1. The van der Waals surface area contributed by atoms with Crippen LogP contribution < -0.4 is 5.32 Å². The molecule has 144 valence electrons. The number of amides is 1. The van der Waals surface area contributed by atoms with Gasteiger partial charge in [-0.25, -0.2) is 0 Å². The number of hydrogen-bond acceptors (Lipinski definition) is 4. The molecule has 6 nitrogen and oxygen atoms in total. The third-order valence-electron chi connectivity index (χ3n) is 5.39. The fraction of sp³-hybridized carbons (Fsp3) is 0.476. The summed E-state index contributed by atoms with van der Waals surface area (Å²) >= 11 is 0. The van der Waals surface area contributed by atoms with Crippen molar-refractivity contribution in [1.82, 2.24) is 15.1 Å². The van der Waals surface area contributed by atoms with E-state index in [4.69, 9.17) is 0 Å². The van der Waals surface area contributed by atoms with Crippen molar-refractivity contribution in [2.75, 3.05) is 0 Å². The summed E-state index contributed by atoms with van der Waals surface area (Å²) in [6, 6.07) is 10.0. The molecule has 27 heavy (non-hydrogen) atoms. The number of carbonyl (C=O) groups is 2. The van der Waals surface area contributed by atoms with Gasteiger partial charge in [0.1, 0.15) is 6.54 Å². The summed E-state index contributed by atoms with van der Waals surface area (Å²) in [6.45, 7) is 5.19. The van der Waals surface area contributed by atoms with Gasteiger partial charge in [-0.05, 0) is 51.5 Å². The molecule has 1 aromatic carbocycles. The molecule has 0 aliphatic heterocycles. The van der Waals surface area contributed by atoms with Gasteiger partial charge in [0.2, 0.25) is 5.91 Å². The molecule has 1 aliphatic rings. The first kappa shape index (κ1) is 19.3. The topological polar surface area (TPSA) is 84.2 Å². The highest BCUT2D eigenvalue weighted by Crippen LogP contribution is 2.31. The van der Waals surface area contributed by atoms with Gasteiger partial charge in [-0.1, -0.05) is 30.3 Å². The van der Waals surface area contributed by atoms with Crippen LogP contribution in [0.3, 0.4) is 0 Å². The second-order valence-corrected chi connectivity index (χ2v) is 7.51.